The first-order valence-corrected chi connectivity index (χ1v) is 4.97. The van der Waals surface area contributed by atoms with Gasteiger partial charge in [0.2, 0.25) is 0 Å². The van der Waals surface area contributed by atoms with E-state index < -0.39 is 6.04 Å². The fourth-order valence-electron chi connectivity index (χ4n) is 1.16. The third-order valence-corrected chi connectivity index (χ3v) is 1.87. The normalized spacial score (nSPS) is 11.5. The standard InChI is InChI=1S/C11H13N3O2/c1-2-16-11(15)8-14-10(7-12)9-5-3-4-6-13-9/h3-6,10,14H,2,8H2,1H3. The number of carbonyl (C=O) groups excluding carboxylic acids is 1. The summed E-state index contributed by atoms with van der Waals surface area (Å²) in [5, 5.41) is 11.7. The number of nitrogens with zero attached hydrogens (tertiary/aromatic N) is 2. The number of hydrogen-bond acceptors (Lipinski definition) is 5. The van der Waals surface area contributed by atoms with Gasteiger partial charge in [0.1, 0.15) is 6.04 Å². The zero-order chi connectivity index (χ0) is 11.8. The minimum atomic E-state index is -0.592. The van der Waals surface area contributed by atoms with Crippen molar-refractivity contribution in [2.45, 2.75) is 13.0 Å². The first kappa shape index (κ1) is 12.1. The number of ether oxygens (including phenoxy) is 1. The number of aromatic nitrogens is 1. The topological polar surface area (TPSA) is 75.0 Å². The first-order valence-electron chi connectivity index (χ1n) is 4.97. The van der Waals surface area contributed by atoms with Crippen molar-refractivity contribution < 1.29 is 9.53 Å². The minimum absolute atomic E-state index is 0.00262. The van der Waals surface area contributed by atoms with E-state index in [9.17, 15) is 4.79 Å². The molecule has 1 unspecified atom stereocenters. The lowest BCUT2D eigenvalue weighted by Crippen LogP contribution is -2.28. The summed E-state index contributed by atoms with van der Waals surface area (Å²) in [6.07, 6.45) is 1.60. The highest BCUT2D eigenvalue weighted by atomic mass is 16.5. The van der Waals surface area contributed by atoms with E-state index in [1.54, 1.807) is 31.3 Å². The Labute approximate surface area is 94.1 Å². The Morgan fingerprint density at radius 2 is 2.50 bits per heavy atom. The van der Waals surface area contributed by atoms with Gasteiger partial charge in [0.05, 0.1) is 24.9 Å². The molecule has 0 aliphatic heterocycles. The molecule has 0 radical (unpaired) electrons. The predicted octanol–water partition coefficient (Wildman–Crippen LogP) is 0.799. The average molecular weight is 219 g/mol. The maximum atomic E-state index is 11.1. The Morgan fingerprint density at radius 1 is 1.69 bits per heavy atom. The molecule has 1 atom stereocenters. The van der Waals surface area contributed by atoms with Crippen LogP contribution in [0, 0.1) is 11.3 Å². The molecule has 0 fully saturated rings. The summed E-state index contributed by atoms with van der Waals surface area (Å²) >= 11 is 0. The van der Waals surface area contributed by atoms with Crippen molar-refractivity contribution in [2.75, 3.05) is 13.2 Å². The first-order chi connectivity index (χ1) is 7.77. The van der Waals surface area contributed by atoms with Crippen LogP contribution in [0.4, 0.5) is 0 Å². The van der Waals surface area contributed by atoms with Crippen molar-refractivity contribution >= 4 is 5.97 Å². The molecule has 84 valence electrons. The molecule has 0 saturated carbocycles. The van der Waals surface area contributed by atoms with Crippen LogP contribution in [0.2, 0.25) is 0 Å². The van der Waals surface area contributed by atoms with Crippen LogP contribution in [0.25, 0.3) is 0 Å². The molecule has 1 aromatic heterocycles. The molecular formula is C11H13N3O2. The number of esters is 1. The van der Waals surface area contributed by atoms with Crippen LogP contribution in [0.1, 0.15) is 18.7 Å². The molecule has 16 heavy (non-hydrogen) atoms. The van der Waals surface area contributed by atoms with Crippen LogP contribution in [-0.4, -0.2) is 24.1 Å². The third kappa shape index (κ3) is 3.67. The van der Waals surface area contributed by atoms with Crippen LogP contribution in [-0.2, 0) is 9.53 Å². The molecule has 5 heteroatoms. The Bertz CT molecular complexity index is 373. The lowest BCUT2D eigenvalue weighted by Gasteiger charge is -2.09. The Hall–Kier alpha value is -1.93. The van der Waals surface area contributed by atoms with Crippen LogP contribution >= 0.6 is 0 Å². The van der Waals surface area contributed by atoms with Crippen LogP contribution in [0.5, 0.6) is 0 Å². The summed E-state index contributed by atoms with van der Waals surface area (Å²) in [6, 6.07) is 6.73. The number of nitrogens with one attached hydrogen (secondary N) is 1. The zero-order valence-corrected chi connectivity index (χ0v) is 9.01. The van der Waals surface area contributed by atoms with E-state index in [-0.39, 0.29) is 12.5 Å². The molecule has 5 nitrogen and oxygen atoms in total. The van der Waals surface area contributed by atoms with Gasteiger partial charge in [0.25, 0.3) is 0 Å². The van der Waals surface area contributed by atoms with Gasteiger partial charge in [0.15, 0.2) is 0 Å². The van der Waals surface area contributed by atoms with E-state index in [0.29, 0.717) is 12.3 Å². The maximum absolute atomic E-state index is 11.1. The number of hydrogen-bond donors (Lipinski definition) is 1. The van der Waals surface area contributed by atoms with Crippen molar-refractivity contribution in [1.29, 1.82) is 5.26 Å². The highest BCUT2D eigenvalue weighted by Crippen LogP contribution is 2.06. The highest BCUT2D eigenvalue weighted by Gasteiger charge is 2.12. The largest absolute Gasteiger partial charge is 0.465 e. The molecule has 1 heterocycles. The van der Waals surface area contributed by atoms with Crippen LogP contribution in [0.3, 0.4) is 0 Å². The monoisotopic (exact) mass is 219 g/mol. The SMILES string of the molecule is CCOC(=O)CNC(C#N)c1ccccn1. The molecule has 1 aromatic rings. The summed E-state index contributed by atoms with van der Waals surface area (Å²) in [6.45, 7) is 2.07. The second-order valence-corrected chi connectivity index (χ2v) is 3.00. The fourth-order valence-corrected chi connectivity index (χ4v) is 1.16. The minimum Gasteiger partial charge on any atom is -0.465 e. The van der Waals surface area contributed by atoms with Gasteiger partial charge in [-0.25, -0.2) is 0 Å². The zero-order valence-electron chi connectivity index (χ0n) is 9.01. The summed E-state index contributed by atoms with van der Waals surface area (Å²) in [7, 11) is 0. The van der Waals surface area contributed by atoms with E-state index in [1.165, 1.54) is 0 Å². The lowest BCUT2D eigenvalue weighted by molar-refractivity contribution is -0.142. The second kappa shape index (κ2) is 6.53. The molecule has 1 N–H and O–H groups in total. The average Bonchev–Trinajstić information content (AvgIpc) is 2.31. The van der Waals surface area contributed by atoms with Gasteiger partial charge in [-0.05, 0) is 19.1 Å². The van der Waals surface area contributed by atoms with Gasteiger partial charge in [-0.1, -0.05) is 6.07 Å². The van der Waals surface area contributed by atoms with Crippen LogP contribution < -0.4 is 5.32 Å². The smallest absolute Gasteiger partial charge is 0.319 e. The predicted molar refractivity (Wildman–Crippen MR) is 57.2 cm³/mol. The Balaban J connectivity index is 2.51. The quantitative estimate of drug-likeness (QED) is 0.741. The van der Waals surface area contributed by atoms with Gasteiger partial charge < -0.3 is 4.74 Å². The molecule has 0 aromatic carbocycles. The van der Waals surface area contributed by atoms with Crippen molar-refractivity contribution in [2.24, 2.45) is 0 Å². The van der Waals surface area contributed by atoms with E-state index >= 15 is 0 Å². The molecule has 0 saturated heterocycles. The molecule has 0 aliphatic carbocycles. The van der Waals surface area contributed by atoms with Crippen molar-refractivity contribution in [1.82, 2.24) is 10.3 Å². The van der Waals surface area contributed by atoms with Gasteiger partial charge in [0, 0.05) is 6.20 Å². The lowest BCUT2D eigenvalue weighted by atomic mass is 10.2. The van der Waals surface area contributed by atoms with Crippen molar-refractivity contribution in [3.05, 3.63) is 30.1 Å². The van der Waals surface area contributed by atoms with Gasteiger partial charge in [-0.3, -0.25) is 15.1 Å². The third-order valence-electron chi connectivity index (χ3n) is 1.87. The number of rotatable bonds is 5. The summed E-state index contributed by atoms with van der Waals surface area (Å²) in [5.41, 5.74) is 0.592. The molecule has 0 aliphatic rings. The van der Waals surface area contributed by atoms with Crippen LogP contribution in [0.15, 0.2) is 24.4 Å². The number of carbonyl (C=O) groups is 1. The Morgan fingerprint density at radius 3 is 3.06 bits per heavy atom. The maximum Gasteiger partial charge on any atom is 0.319 e. The van der Waals surface area contributed by atoms with Gasteiger partial charge in [-0.15, -0.1) is 0 Å². The van der Waals surface area contributed by atoms with E-state index in [0.717, 1.165) is 0 Å². The second-order valence-electron chi connectivity index (χ2n) is 3.00. The number of nitriles is 1. The Kier molecular flexibility index (Phi) is 4.96. The van der Waals surface area contributed by atoms with Crippen molar-refractivity contribution in [3.8, 4) is 6.07 Å². The summed E-state index contributed by atoms with van der Waals surface area (Å²) < 4.78 is 4.74. The molecular weight excluding hydrogens is 206 g/mol. The molecule has 0 bridgehead atoms. The summed E-state index contributed by atoms with van der Waals surface area (Å²) in [4.78, 5) is 15.1. The molecule has 0 amide bonds. The highest BCUT2D eigenvalue weighted by molar-refractivity contribution is 5.71. The molecule has 1 rings (SSSR count). The molecule has 0 spiro atoms. The van der Waals surface area contributed by atoms with Crippen molar-refractivity contribution in [3.63, 3.8) is 0 Å². The number of pyridine rings is 1. The van der Waals surface area contributed by atoms with Gasteiger partial charge >= 0.3 is 5.97 Å². The fraction of sp³-hybridized carbons (Fsp3) is 0.364. The van der Waals surface area contributed by atoms with Gasteiger partial charge in [-0.2, -0.15) is 5.26 Å². The summed E-state index contributed by atoms with van der Waals surface area (Å²) in [5.74, 6) is -0.376. The van der Waals surface area contributed by atoms with E-state index in [1.807, 2.05) is 6.07 Å². The van der Waals surface area contributed by atoms with E-state index in [4.69, 9.17) is 10.00 Å². The van der Waals surface area contributed by atoms with E-state index in [2.05, 4.69) is 10.3 Å².